The Morgan fingerprint density at radius 3 is 2.55 bits per heavy atom. The Morgan fingerprint density at radius 2 is 2.03 bits per heavy atom. The normalized spacial score (nSPS) is 18.6. The number of benzene rings is 1. The van der Waals surface area contributed by atoms with Crippen molar-refractivity contribution < 1.29 is 36.7 Å². The van der Waals surface area contributed by atoms with Crippen molar-refractivity contribution >= 4 is 27.5 Å². The molecule has 0 aliphatic carbocycles. The molecule has 1 aliphatic heterocycles. The maximum Gasteiger partial charge on any atom is 0.414 e. The summed E-state index contributed by atoms with van der Waals surface area (Å²) in [7, 11) is -3.93. The number of nitrogens with zero attached hydrogens (tertiary/aromatic N) is 1. The molecule has 2 atom stereocenters. The van der Waals surface area contributed by atoms with Gasteiger partial charge in [-0.25, -0.2) is 27.5 Å². The number of anilines is 1. The van der Waals surface area contributed by atoms with Gasteiger partial charge in [-0.3, -0.25) is 14.9 Å². The zero-order chi connectivity index (χ0) is 21.8. The van der Waals surface area contributed by atoms with Crippen LogP contribution in [0.1, 0.15) is 25.3 Å². The van der Waals surface area contributed by atoms with Crippen LogP contribution in [0.5, 0.6) is 0 Å². The van der Waals surface area contributed by atoms with Crippen molar-refractivity contribution in [2.75, 3.05) is 17.7 Å². The predicted molar refractivity (Wildman–Crippen MR) is 99.4 cm³/mol. The highest BCUT2D eigenvalue weighted by Crippen LogP contribution is 2.30. The van der Waals surface area contributed by atoms with Crippen LogP contribution in [-0.4, -0.2) is 55.7 Å². The minimum atomic E-state index is -3.93. The summed E-state index contributed by atoms with van der Waals surface area (Å²) >= 11 is 0. The van der Waals surface area contributed by atoms with Gasteiger partial charge in [-0.15, -0.1) is 0 Å². The summed E-state index contributed by atoms with van der Waals surface area (Å²) in [5.74, 6) is 3.80. The number of sulfone groups is 1. The molecule has 11 heteroatoms. The molecule has 0 saturated carbocycles. The van der Waals surface area contributed by atoms with E-state index in [9.17, 15) is 26.8 Å². The van der Waals surface area contributed by atoms with Crippen molar-refractivity contribution in [1.82, 2.24) is 5.48 Å². The zero-order valence-electron chi connectivity index (χ0n) is 15.7. The molecule has 0 bridgehead atoms. The van der Waals surface area contributed by atoms with E-state index in [-0.39, 0.29) is 13.0 Å². The van der Waals surface area contributed by atoms with Crippen LogP contribution < -0.4 is 10.4 Å². The summed E-state index contributed by atoms with van der Waals surface area (Å²) in [4.78, 5) is 25.3. The maximum absolute atomic E-state index is 12.2. The average molecular weight is 430 g/mol. The molecule has 0 spiro atoms. The quantitative estimate of drug-likeness (QED) is 0.404. The Bertz CT molecular complexity index is 939. The number of cyclic esters (lactones) is 1. The van der Waals surface area contributed by atoms with E-state index in [2.05, 4.69) is 11.8 Å². The lowest BCUT2D eigenvalue weighted by Crippen LogP contribution is -2.51. The van der Waals surface area contributed by atoms with Gasteiger partial charge in [-0.2, -0.15) is 0 Å². The third-order valence-electron chi connectivity index (χ3n) is 4.56. The first-order valence-electron chi connectivity index (χ1n) is 8.47. The van der Waals surface area contributed by atoms with Gasteiger partial charge in [0.1, 0.15) is 6.10 Å². The largest absolute Gasteiger partial charge is 0.444 e. The highest BCUT2D eigenvalue weighted by atomic mass is 32.2. The molecule has 1 aliphatic rings. The van der Waals surface area contributed by atoms with Crippen molar-refractivity contribution in [3.8, 4) is 11.8 Å². The lowest BCUT2D eigenvalue weighted by atomic mass is 10.0. The lowest BCUT2D eigenvalue weighted by Gasteiger charge is -2.26. The van der Waals surface area contributed by atoms with Gasteiger partial charge >= 0.3 is 6.09 Å². The van der Waals surface area contributed by atoms with Gasteiger partial charge in [0.15, 0.2) is 14.6 Å². The Morgan fingerprint density at radius 1 is 1.41 bits per heavy atom. The number of halogens is 2. The SMILES string of the molecule is CC(CC1CN(c2ccc(C#CCC(F)F)cc2)C(=O)O1)(C(=O)NO)S(C)(=O)=O. The number of ether oxygens (including phenoxy) is 1. The first-order chi connectivity index (χ1) is 13.5. The molecule has 1 heterocycles. The Hall–Kier alpha value is -2.71. The van der Waals surface area contributed by atoms with Crippen molar-refractivity contribution in [3.05, 3.63) is 29.8 Å². The molecule has 2 rings (SSSR count). The molecule has 0 aromatic heterocycles. The monoisotopic (exact) mass is 430 g/mol. The molecular weight excluding hydrogens is 410 g/mol. The van der Waals surface area contributed by atoms with Crippen molar-refractivity contribution in [1.29, 1.82) is 0 Å². The standard InChI is InChI=1S/C18H20F2N2O6S/c1-18(16(23)21-25,29(2,26)27)10-14-11-22(17(24)28-14)13-8-6-12(7-9-13)4-3-5-15(19)20/h6-9,14-15,25H,5,10-11H2,1-2H3,(H,21,23). The number of hydrogen-bond acceptors (Lipinski definition) is 6. The van der Waals surface area contributed by atoms with Crippen LogP contribution in [0.2, 0.25) is 0 Å². The third-order valence-corrected chi connectivity index (χ3v) is 6.55. The summed E-state index contributed by atoms with van der Waals surface area (Å²) < 4.78 is 51.5. The van der Waals surface area contributed by atoms with Gasteiger partial charge in [0.2, 0.25) is 6.43 Å². The lowest BCUT2D eigenvalue weighted by molar-refractivity contribution is -0.132. The first kappa shape index (κ1) is 22.6. The van der Waals surface area contributed by atoms with Crippen LogP contribution in [-0.2, 0) is 19.4 Å². The van der Waals surface area contributed by atoms with E-state index in [1.807, 2.05) is 0 Å². The van der Waals surface area contributed by atoms with Crippen molar-refractivity contribution in [2.45, 2.75) is 37.0 Å². The second-order valence-electron chi connectivity index (χ2n) is 6.71. The topological polar surface area (TPSA) is 113 Å². The van der Waals surface area contributed by atoms with Gasteiger partial charge in [0.05, 0.1) is 13.0 Å². The number of alkyl halides is 2. The highest BCUT2D eigenvalue weighted by molar-refractivity contribution is 7.92. The van der Waals surface area contributed by atoms with Crippen LogP contribution in [0, 0.1) is 11.8 Å². The van der Waals surface area contributed by atoms with E-state index in [1.165, 1.54) is 10.4 Å². The molecule has 158 valence electrons. The summed E-state index contributed by atoms with van der Waals surface area (Å²) in [5.41, 5.74) is 2.26. The smallest absolute Gasteiger partial charge is 0.414 e. The molecule has 1 fully saturated rings. The number of rotatable bonds is 6. The summed E-state index contributed by atoms with van der Waals surface area (Å²) in [6.07, 6.45) is -4.19. The third kappa shape index (κ3) is 5.21. The summed E-state index contributed by atoms with van der Waals surface area (Å²) in [6, 6.07) is 6.20. The maximum atomic E-state index is 12.2. The van der Waals surface area contributed by atoms with Crippen LogP contribution in [0.4, 0.5) is 19.3 Å². The number of carbonyl (C=O) groups is 2. The predicted octanol–water partition coefficient (Wildman–Crippen LogP) is 1.72. The van der Waals surface area contributed by atoms with E-state index in [1.54, 1.807) is 24.3 Å². The van der Waals surface area contributed by atoms with Gasteiger partial charge in [-0.05, 0) is 31.2 Å². The Balaban J connectivity index is 2.13. The number of amides is 2. The zero-order valence-corrected chi connectivity index (χ0v) is 16.5. The Labute approximate surface area is 166 Å². The van der Waals surface area contributed by atoms with Crippen molar-refractivity contribution in [3.63, 3.8) is 0 Å². The minimum absolute atomic E-state index is 0.0148. The molecule has 2 amide bonds. The fourth-order valence-electron chi connectivity index (χ4n) is 2.76. The molecule has 29 heavy (non-hydrogen) atoms. The van der Waals surface area contributed by atoms with Gasteiger partial charge in [-0.1, -0.05) is 11.8 Å². The fraction of sp³-hybridized carbons (Fsp3) is 0.444. The molecule has 0 radical (unpaired) electrons. The van der Waals surface area contributed by atoms with Gasteiger partial charge in [0.25, 0.3) is 5.91 Å². The summed E-state index contributed by atoms with van der Waals surface area (Å²) in [6.45, 7) is 1.12. The fourth-order valence-corrected chi connectivity index (χ4v) is 3.63. The second-order valence-corrected chi connectivity index (χ2v) is 9.15. The minimum Gasteiger partial charge on any atom is -0.444 e. The molecule has 1 aromatic carbocycles. The average Bonchev–Trinajstić information content (AvgIpc) is 3.00. The van der Waals surface area contributed by atoms with E-state index in [4.69, 9.17) is 9.94 Å². The second kappa shape index (κ2) is 8.75. The van der Waals surface area contributed by atoms with Gasteiger partial charge in [0, 0.05) is 23.9 Å². The molecule has 1 aromatic rings. The first-order valence-corrected chi connectivity index (χ1v) is 10.4. The number of carbonyl (C=O) groups excluding carboxylic acids is 2. The number of hydrogen-bond donors (Lipinski definition) is 2. The number of hydroxylamine groups is 1. The van der Waals surface area contributed by atoms with Crippen LogP contribution in [0.3, 0.4) is 0 Å². The summed E-state index contributed by atoms with van der Waals surface area (Å²) in [5, 5.41) is 8.87. The van der Waals surface area contributed by atoms with Crippen LogP contribution in [0.25, 0.3) is 0 Å². The van der Waals surface area contributed by atoms with Gasteiger partial charge < -0.3 is 4.74 Å². The van der Waals surface area contributed by atoms with Crippen LogP contribution in [0.15, 0.2) is 24.3 Å². The van der Waals surface area contributed by atoms with E-state index in [0.717, 1.165) is 13.2 Å². The van der Waals surface area contributed by atoms with Crippen LogP contribution >= 0.6 is 0 Å². The van der Waals surface area contributed by atoms with E-state index in [0.29, 0.717) is 11.3 Å². The van der Waals surface area contributed by atoms with E-state index < -0.39 is 45.5 Å². The Kier molecular flexibility index (Phi) is 6.81. The number of nitrogens with one attached hydrogen (secondary N) is 1. The molecule has 2 unspecified atom stereocenters. The van der Waals surface area contributed by atoms with Crippen molar-refractivity contribution in [2.24, 2.45) is 0 Å². The highest BCUT2D eigenvalue weighted by Gasteiger charge is 2.48. The molecule has 8 nitrogen and oxygen atoms in total. The van der Waals surface area contributed by atoms with E-state index >= 15 is 0 Å². The molecular formula is C18H20F2N2O6S. The molecule has 2 N–H and O–H groups in total. The molecule has 1 saturated heterocycles.